The number of halogens is 1. The molecule has 0 atom stereocenters. The highest BCUT2D eigenvalue weighted by Gasteiger charge is 2.16. The largest absolute Gasteiger partial charge is 0.351 e. The molecule has 0 saturated heterocycles. The van der Waals surface area contributed by atoms with Crippen LogP contribution in [0.25, 0.3) is 11.0 Å². The first-order chi connectivity index (χ1) is 12.3. The van der Waals surface area contributed by atoms with Gasteiger partial charge in [0.15, 0.2) is 0 Å². The maximum Gasteiger partial charge on any atom is 0.323 e. The van der Waals surface area contributed by atoms with Crippen LogP contribution in [0.1, 0.15) is 5.56 Å². The number of carbonyl (C=O) groups is 1. The highest BCUT2D eigenvalue weighted by molar-refractivity contribution is 7.89. The van der Waals surface area contributed by atoms with Crippen LogP contribution in [0.15, 0.2) is 52.2 Å². The number of nitrogens with one attached hydrogen (secondary N) is 4. The minimum absolute atomic E-state index is 0.0502. The Labute approximate surface area is 153 Å². The summed E-state index contributed by atoms with van der Waals surface area (Å²) in [7, 11) is -3.89. The lowest BCUT2D eigenvalue weighted by molar-refractivity contribution is -0.120. The third-order valence-corrected chi connectivity index (χ3v) is 5.27. The molecule has 0 fully saturated rings. The van der Waals surface area contributed by atoms with Gasteiger partial charge in [-0.3, -0.25) is 4.79 Å². The summed E-state index contributed by atoms with van der Waals surface area (Å²) in [4.78, 5) is 28.1. The van der Waals surface area contributed by atoms with E-state index in [4.69, 9.17) is 11.6 Å². The van der Waals surface area contributed by atoms with E-state index in [1.165, 1.54) is 18.2 Å². The van der Waals surface area contributed by atoms with E-state index in [1.54, 1.807) is 24.3 Å². The van der Waals surface area contributed by atoms with E-state index in [0.29, 0.717) is 16.1 Å². The molecule has 3 rings (SSSR count). The molecule has 0 aliphatic heterocycles. The lowest BCUT2D eigenvalue weighted by atomic mass is 10.2. The molecule has 0 saturated carbocycles. The molecular formula is C16H15ClN4O4S. The summed E-state index contributed by atoms with van der Waals surface area (Å²) in [6, 6.07) is 11.1. The van der Waals surface area contributed by atoms with Crippen LogP contribution in [0.5, 0.6) is 0 Å². The predicted octanol–water partition coefficient (Wildman–Crippen LogP) is 1.10. The number of carbonyl (C=O) groups excluding carboxylic acids is 1. The smallest absolute Gasteiger partial charge is 0.323 e. The number of aromatic nitrogens is 2. The molecule has 1 aromatic heterocycles. The molecule has 0 bridgehead atoms. The SMILES string of the molecule is O=C(CNS(=O)(=O)c1ccc2[nH]c(=O)[nH]c2c1)NCc1ccc(Cl)cc1. The molecule has 4 N–H and O–H groups in total. The third-order valence-electron chi connectivity index (χ3n) is 3.62. The lowest BCUT2D eigenvalue weighted by Gasteiger charge is -2.08. The predicted molar refractivity (Wildman–Crippen MR) is 97.4 cm³/mol. The molecule has 1 heterocycles. The number of amides is 1. The number of benzene rings is 2. The normalized spacial score (nSPS) is 11.6. The molecule has 3 aromatic rings. The molecule has 0 radical (unpaired) electrons. The van der Waals surface area contributed by atoms with Crippen molar-refractivity contribution in [3.8, 4) is 0 Å². The summed E-state index contributed by atoms with van der Waals surface area (Å²) in [5.41, 5.74) is 1.27. The van der Waals surface area contributed by atoms with E-state index < -0.39 is 28.2 Å². The Morgan fingerprint density at radius 1 is 1.04 bits per heavy atom. The van der Waals surface area contributed by atoms with Gasteiger partial charge in [-0.15, -0.1) is 0 Å². The summed E-state index contributed by atoms with van der Waals surface area (Å²) in [5, 5.41) is 3.21. The summed E-state index contributed by atoms with van der Waals surface area (Å²) in [5.74, 6) is -0.473. The van der Waals surface area contributed by atoms with Crippen molar-refractivity contribution in [2.75, 3.05) is 6.54 Å². The van der Waals surface area contributed by atoms with Crippen molar-refractivity contribution in [1.29, 1.82) is 0 Å². The van der Waals surface area contributed by atoms with E-state index in [0.717, 1.165) is 5.56 Å². The molecule has 8 nitrogen and oxygen atoms in total. The molecule has 0 spiro atoms. The van der Waals surface area contributed by atoms with Crippen molar-refractivity contribution in [3.63, 3.8) is 0 Å². The van der Waals surface area contributed by atoms with Crippen molar-refractivity contribution < 1.29 is 13.2 Å². The number of sulfonamides is 1. The van der Waals surface area contributed by atoms with Crippen LogP contribution >= 0.6 is 11.6 Å². The Morgan fingerprint density at radius 3 is 2.46 bits per heavy atom. The summed E-state index contributed by atoms with van der Waals surface area (Å²) in [6.07, 6.45) is 0. The van der Waals surface area contributed by atoms with E-state index >= 15 is 0 Å². The molecule has 10 heteroatoms. The number of imidazole rings is 1. The average Bonchev–Trinajstić information content (AvgIpc) is 2.98. The van der Waals surface area contributed by atoms with Gasteiger partial charge in [-0.1, -0.05) is 23.7 Å². The van der Waals surface area contributed by atoms with Gasteiger partial charge in [0, 0.05) is 11.6 Å². The van der Waals surface area contributed by atoms with Crippen LogP contribution in [0.3, 0.4) is 0 Å². The van der Waals surface area contributed by atoms with Gasteiger partial charge in [0.2, 0.25) is 15.9 Å². The van der Waals surface area contributed by atoms with Crippen molar-refractivity contribution >= 4 is 38.6 Å². The first kappa shape index (κ1) is 18.2. The zero-order chi connectivity index (χ0) is 18.7. The monoisotopic (exact) mass is 394 g/mol. The second-order valence-corrected chi connectivity index (χ2v) is 7.72. The Balaban J connectivity index is 1.60. The average molecular weight is 395 g/mol. The van der Waals surface area contributed by atoms with Gasteiger partial charge in [-0.2, -0.15) is 0 Å². The van der Waals surface area contributed by atoms with E-state index in [9.17, 15) is 18.0 Å². The standard InChI is InChI=1S/C16H15ClN4O4S/c17-11-3-1-10(2-4-11)8-18-15(22)9-19-26(24,25)12-5-6-13-14(7-12)21-16(23)20-13/h1-7,19H,8-9H2,(H,18,22)(H2,20,21,23). The molecule has 0 aliphatic rings. The van der Waals surface area contributed by atoms with Crippen molar-refractivity contribution in [1.82, 2.24) is 20.0 Å². The molecule has 2 aromatic carbocycles. The number of H-pyrrole nitrogens is 2. The van der Waals surface area contributed by atoms with Crippen molar-refractivity contribution in [2.45, 2.75) is 11.4 Å². The quantitative estimate of drug-likeness (QED) is 0.499. The maximum absolute atomic E-state index is 12.3. The van der Waals surface area contributed by atoms with Gasteiger partial charge in [0.25, 0.3) is 0 Å². The Bertz CT molecular complexity index is 1100. The van der Waals surface area contributed by atoms with Crippen LogP contribution in [0.4, 0.5) is 0 Å². The highest BCUT2D eigenvalue weighted by Crippen LogP contribution is 2.14. The van der Waals surface area contributed by atoms with Crippen LogP contribution < -0.4 is 15.7 Å². The maximum atomic E-state index is 12.3. The second kappa shape index (κ2) is 7.32. The van der Waals surface area contributed by atoms with Gasteiger partial charge < -0.3 is 15.3 Å². The van der Waals surface area contributed by atoms with Gasteiger partial charge in [0.05, 0.1) is 22.5 Å². The van der Waals surface area contributed by atoms with Crippen LogP contribution in [0, 0.1) is 0 Å². The number of hydrogen-bond donors (Lipinski definition) is 4. The fraction of sp³-hybridized carbons (Fsp3) is 0.125. The zero-order valence-corrected chi connectivity index (χ0v) is 14.9. The molecule has 0 unspecified atom stereocenters. The molecule has 1 amide bonds. The van der Waals surface area contributed by atoms with Crippen LogP contribution in [-0.2, 0) is 21.4 Å². The number of rotatable bonds is 6. The molecule has 26 heavy (non-hydrogen) atoms. The van der Waals surface area contributed by atoms with E-state index in [1.807, 2.05) is 0 Å². The van der Waals surface area contributed by atoms with Crippen molar-refractivity contribution in [2.24, 2.45) is 0 Å². The van der Waals surface area contributed by atoms with Crippen LogP contribution in [-0.4, -0.2) is 30.8 Å². The molecule has 136 valence electrons. The van der Waals surface area contributed by atoms with Gasteiger partial charge in [-0.25, -0.2) is 17.9 Å². The fourth-order valence-corrected chi connectivity index (χ4v) is 3.42. The lowest BCUT2D eigenvalue weighted by Crippen LogP contribution is -2.36. The Morgan fingerprint density at radius 2 is 1.73 bits per heavy atom. The van der Waals surface area contributed by atoms with Crippen molar-refractivity contribution in [3.05, 3.63) is 63.5 Å². The highest BCUT2D eigenvalue weighted by atomic mass is 35.5. The number of hydrogen-bond acceptors (Lipinski definition) is 4. The first-order valence-corrected chi connectivity index (χ1v) is 9.42. The summed E-state index contributed by atoms with van der Waals surface area (Å²) in [6.45, 7) is -0.147. The summed E-state index contributed by atoms with van der Waals surface area (Å²) >= 11 is 5.78. The van der Waals surface area contributed by atoms with Gasteiger partial charge in [0.1, 0.15) is 0 Å². The minimum atomic E-state index is -3.89. The topological polar surface area (TPSA) is 124 Å². The molecule has 0 aliphatic carbocycles. The van der Waals surface area contributed by atoms with Gasteiger partial charge in [-0.05, 0) is 35.9 Å². The fourth-order valence-electron chi connectivity index (χ4n) is 2.29. The number of fused-ring (bicyclic) bond motifs is 1. The summed E-state index contributed by atoms with van der Waals surface area (Å²) < 4.78 is 26.8. The molecular weight excluding hydrogens is 380 g/mol. The Kier molecular flexibility index (Phi) is 5.12. The zero-order valence-electron chi connectivity index (χ0n) is 13.4. The second-order valence-electron chi connectivity index (χ2n) is 5.51. The van der Waals surface area contributed by atoms with Gasteiger partial charge >= 0.3 is 5.69 Å². The first-order valence-electron chi connectivity index (χ1n) is 7.56. The number of aromatic amines is 2. The minimum Gasteiger partial charge on any atom is -0.351 e. The van der Waals surface area contributed by atoms with E-state index in [-0.39, 0.29) is 11.4 Å². The van der Waals surface area contributed by atoms with Crippen LogP contribution in [0.2, 0.25) is 5.02 Å². The Hall–Kier alpha value is -2.62. The van der Waals surface area contributed by atoms with E-state index in [2.05, 4.69) is 20.0 Å². The third kappa shape index (κ3) is 4.31.